The molecule has 0 bridgehead atoms. The molecule has 1 aliphatic rings. The van der Waals surface area contributed by atoms with Crippen LogP contribution in [0.3, 0.4) is 0 Å². The molecule has 1 atom stereocenters. The van der Waals surface area contributed by atoms with Crippen LogP contribution in [0, 0.1) is 0 Å². The third-order valence-corrected chi connectivity index (χ3v) is 4.46. The van der Waals surface area contributed by atoms with E-state index in [0.717, 1.165) is 12.8 Å². The third-order valence-electron chi connectivity index (χ3n) is 3.42. The summed E-state index contributed by atoms with van der Waals surface area (Å²) >= 11 is 1.30. The van der Waals surface area contributed by atoms with Crippen LogP contribution in [0.1, 0.15) is 26.2 Å². The van der Waals surface area contributed by atoms with E-state index < -0.39 is 22.6 Å². The topological polar surface area (TPSA) is 123 Å². The number of hydrogen-bond donors (Lipinski definition) is 3. The zero-order valence-corrected chi connectivity index (χ0v) is 12.8. The van der Waals surface area contributed by atoms with E-state index in [1.165, 1.54) is 16.4 Å². The number of amides is 1. The van der Waals surface area contributed by atoms with E-state index in [1.807, 2.05) is 0 Å². The molecule has 116 valence electrons. The molecule has 0 aliphatic heterocycles. The van der Waals surface area contributed by atoms with Crippen LogP contribution in [-0.4, -0.2) is 38.0 Å². The summed E-state index contributed by atoms with van der Waals surface area (Å²) in [5.74, 6) is 0.157. The molecule has 8 nitrogen and oxygen atoms in total. The second-order valence-corrected chi connectivity index (χ2v) is 6.47. The fourth-order valence-electron chi connectivity index (χ4n) is 1.88. The Morgan fingerprint density at radius 2 is 2.24 bits per heavy atom. The number of aromatic amines is 1. The molecule has 4 N–H and O–H groups in total. The Balaban J connectivity index is 1.99. The molecule has 0 saturated heterocycles. The van der Waals surface area contributed by atoms with Crippen LogP contribution in [0.4, 0.5) is 0 Å². The van der Waals surface area contributed by atoms with Gasteiger partial charge in [0, 0.05) is 18.8 Å². The van der Waals surface area contributed by atoms with E-state index in [2.05, 4.69) is 15.4 Å². The van der Waals surface area contributed by atoms with Crippen LogP contribution in [0.5, 0.6) is 0 Å². The lowest BCUT2D eigenvalue weighted by Crippen LogP contribution is -2.54. The highest BCUT2D eigenvalue weighted by Gasteiger charge is 2.36. The zero-order valence-electron chi connectivity index (χ0n) is 12.0. The molecule has 1 aromatic heterocycles. The average molecular weight is 313 g/mol. The second kappa shape index (κ2) is 6.02. The predicted molar refractivity (Wildman–Crippen MR) is 79.2 cm³/mol. The Morgan fingerprint density at radius 3 is 2.81 bits per heavy atom. The Hall–Kier alpha value is -1.61. The van der Waals surface area contributed by atoms with Crippen molar-refractivity contribution in [2.45, 2.75) is 42.9 Å². The van der Waals surface area contributed by atoms with Crippen LogP contribution < -0.4 is 22.2 Å². The number of aryl methyl sites for hydroxylation is 1. The van der Waals surface area contributed by atoms with E-state index in [0.29, 0.717) is 23.4 Å². The van der Waals surface area contributed by atoms with E-state index in [-0.39, 0.29) is 0 Å². The summed E-state index contributed by atoms with van der Waals surface area (Å²) in [6.45, 7) is 1.79. The van der Waals surface area contributed by atoms with Gasteiger partial charge in [0.25, 0.3) is 0 Å². The normalized spacial score (nSPS) is 17.4. The first-order chi connectivity index (χ1) is 9.82. The smallest absolute Gasteiger partial charge is 0.339 e. The van der Waals surface area contributed by atoms with Gasteiger partial charge in [0.05, 0.1) is 5.54 Å². The monoisotopic (exact) mass is 313 g/mol. The minimum Gasteiger partial charge on any atom is -0.368 e. The molecule has 0 spiro atoms. The van der Waals surface area contributed by atoms with Crippen LogP contribution in [0.25, 0.3) is 0 Å². The molecule has 1 heterocycles. The molecular formula is C12H19N5O3S. The van der Waals surface area contributed by atoms with Crippen molar-refractivity contribution in [1.82, 2.24) is 20.1 Å². The average Bonchev–Trinajstić information content (AvgIpc) is 3.19. The fraction of sp³-hybridized carbons (Fsp3) is 0.667. The lowest BCUT2D eigenvalue weighted by atomic mass is 9.98. The number of hydrogen-bond acceptors (Lipinski definition) is 6. The summed E-state index contributed by atoms with van der Waals surface area (Å²) < 4.78 is 1.39. The number of thioether (sulfide) groups is 1. The Kier molecular flexibility index (Phi) is 4.52. The van der Waals surface area contributed by atoms with Crippen molar-refractivity contribution in [3.8, 4) is 0 Å². The van der Waals surface area contributed by atoms with E-state index >= 15 is 0 Å². The van der Waals surface area contributed by atoms with Gasteiger partial charge in [-0.1, -0.05) is 11.8 Å². The minimum absolute atomic E-state index is 0.364. The number of nitrogens with one attached hydrogen (secondary N) is 2. The van der Waals surface area contributed by atoms with Gasteiger partial charge in [-0.25, -0.2) is 0 Å². The first-order valence-corrected chi connectivity index (χ1v) is 7.68. The largest absolute Gasteiger partial charge is 0.368 e. The molecule has 21 heavy (non-hydrogen) atoms. The van der Waals surface area contributed by atoms with Crippen molar-refractivity contribution in [1.29, 1.82) is 0 Å². The highest BCUT2D eigenvalue weighted by atomic mass is 32.2. The maximum atomic E-state index is 11.6. The van der Waals surface area contributed by atoms with Gasteiger partial charge < -0.3 is 11.1 Å². The molecule has 2 rings (SSSR count). The lowest BCUT2D eigenvalue weighted by Gasteiger charge is -2.27. The molecule has 0 aromatic carbocycles. The molecule has 1 saturated carbocycles. The predicted octanol–water partition coefficient (Wildman–Crippen LogP) is -1.05. The summed E-state index contributed by atoms with van der Waals surface area (Å²) in [6.07, 6.45) is 2.64. The lowest BCUT2D eigenvalue weighted by molar-refractivity contribution is -0.124. The third kappa shape index (κ3) is 3.94. The number of primary amides is 1. The van der Waals surface area contributed by atoms with Crippen molar-refractivity contribution < 1.29 is 4.79 Å². The SMILES string of the molecule is Cn1[nH]c(=O)c(=O)nc1SCCC(C)(NC1CC1)C(N)=O. The first-order valence-electron chi connectivity index (χ1n) is 6.69. The summed E-state index contributed by atoms with van der Waals surface area (Å²) in [5, 5.41) is 6.03. The molecule has 9 heteroatoms. The number of nitrogens with zero attached hydrogens (tertiary/aromatic N) is 2. The standard InChI is InChI=1S/C12H19N5O3S/c1-12(10(13)20,15-7-3-4-7)5-6-21-11-14-8(18)9(19)16-17(11)2/h7,15H,3-6H2,1-2H3,(H2,13,20)(H,16,19). The van der Waals surface area contributed by atoms with E-state index in [4.69, 9.17) is 5.73 Å². The number of nitrogens with two attached hydrogens (primary N) is 1. The highest BCUT2D eigenvalue weighted by Crippen LogP contribution is 2.25. The number of aromatic nitrogens is 3. The highest BCUT2D eigenvalue weighted by molar-refractivity contribution is 7.99. The van der Waals surface area contributed by atoms with Crippen LogP contribution in [0.15, 0.2) is 14.7 Å². The quantitative estimate of drug-likeness (QED) is 0.436. The summed E-state index contributed by atoms with van der Waals surface area (Å²) in [4.78, 5) is 37.7. The molecule has 1 fully saturated rings. The van der Waals surface area contributed by atoms with Crippen molar-refractivity contribution in [3.63, 3.8) is 0 Å². The van der Waals surface area contributed by atoms with Crippen molar-refractivity contribution in [2.75, 3.05) is 5.75 Å². The number of carbonyl (C=O) groups is 1. The molecule has 1 amide bonds. The van der Waals surface area contributed by atoms with Crippen molar-refractivity contribution in [2.24, 2.45) is 12.8 Å². The van der Waals surface area contributed by atoms with Gasteiger partial charge in [0.15, 0.2) is 5.16 Å². The molecule has 1 aromatic rings. The molecular weight excluding hydrogens is 294 g/mol. The summed E-state index contributed by atoms with van der Waals surface area (Å²) in [7, 11) is 1.60. The van der Waals surface area contributed by atoms with E-state index in [1.54, 1.807) is 14.0 Å². The van der Waals surface area contributed by atoms with Crippen molar-refractivity contribution >= 4 is 17.7 Å². The van der Waals surface area contributed by atoms with Gasteiger partial charge in [-0.15, -0.1) is 0 Å². The molecule has 0 radical (unpaired) electrons. The first kappa shape index (κ1) is 15.8. The van der Waals surface area contributed by atoms with Gasteiger partial charge in [-0.3, -0.25) is 24.2 Å². The van der Waals surface area contributed by atoms with Crippen LogP contribution >= 0.6 is 11.8 Å². The fourth-order valence-corrected chi connectivity index (χ4v) is 2.96. The maximum Gasteiger partial charge on any atom is 0.339 e. The van der Waals surface area contributed by atoms with Crippen molar-refractivity contribution in [3.05, 3.63) is 20.7 Å². The second-order valence-electron chi connectivity index (χ2n) is 5.41. The van der Waals surface area contributed by atoms with Gasteiger partial charge in [0.1, 0.15) is 0 Å². The molecule has 1 unspecified atom stereocenters. The number of H-pyrrole nitrogens is 1. The van der Waals surface area contributed by atoms with E-state index in [9.17, 15) is 14.4 Å². The Morgan fingerprint density at radius 1 is 1.57 bits per heavy atom. The Bertz CT molecular complexity index is 651. The van der Waals surface area contributed by atoms with Gasteiger partial charge in [0.2, 0.25) is 5.91 Å². The molecule has 1 aliphatic carbocycles. The summed E-state index contributed by atoms with van der Waals surface area (Å²) in [5.41, 5.74) is 3.14. The zero-order chi connectivity index (χ0) is 15.6. The number of carbonyl (C=O) groups excluding carboxylic acids is 1. The van der Waals surface area contributed by atoms with Crippen LogP contribution in [0.2, 0.25) is 0 Å². The minimum atomic E-state index is -0.815. The van der Waals surface area contributed by atoms with Gasteiger partial charge in [-0.05, 0) is 26.2 Å². The van der Waals surface area contributed by atoms with Gasteiger partial charge in [-0.2, -0.15) is 4.98 Å². The Labute approximate surface area is 125 Å². The van der Waals surface area contributed by atoms with Crippen LogP contribution in [-0.2, 0) is 11.8 Å². The summed E-state index contributed by atoms with van der Waals surface area (Å²) in [6, 6.07) is 0.364. The maximum absolute atomic E-state index is 11.6. The van der Waals surface area contributed by atoms with Gasteiger partial charge >= 0.3 is 11.1 Å². The number of rotatable bonds is 7.